The first kappa shape index (κ1) is 22.8. The number of nitrogens with zero attached hydrogens (tertiary/aromatic N) is 3. The molecular formula is C25H32N6O2. The highest BCUT2D eigenvalue weighted by atomic mass is 16.2. The summed E-state index contributed by atoms with van der Waals surface area (Å²) in [6.45, 7) is 8.91. The Bertz CT molecular complexity index is 1110. The quantitative estimate of drug-likeness (QED) is 0.515. The lowest BCUT2D eigenvalue weighted by Crippen LogP contribution is -2.44. The summed E-state index contributed by atoms with van der Waals surface area (Å²) in [6, 6.07) is 13.0. The summed E-state index contributed by atoms with van der Waals surface area (Å²) < 4.78 is 0. The van der Waals surface area contributed by atoms with E-state index < -0.39 is 0 Å². The molecule has 0 saturated carbocycles. The number of amides is 2. The van der Waals surface area contributed by atoms with Crippen LogP contribution in [0.15, 0.2) is 42.5 Å². The molecule has 1 saturated heterocycles. The van der Waals surface area contributed by atoms with E-state index in [2.05, 4.69) is 51.5 Å². The summed E-state index contributed by atoms with van der Waals surface area (Å²) in [4.78, 5) is 30.0. The number of carbonyl (C=O) groups excluding carboxylic acids is 2. The van der Waals surface area contributed by atoms with Crippen LogP contribution in [0.1, 0.15) is 41.0 Å². The highest BCUT2D eigenvalue weighted by Gasteiger charge is 2.16. The van der Waals surface area contributed by atoms with Crippen molar-refractivity contribution >= 4 is 34.2 Å². The zero-order valence-electron chi connectivity index (χ0n) is 19.5. The molecule has 174 valence electrons. The molecule has 0 spiro atoms. The molecule has 4 rings (SSSR count). The summed E-state index contributed by atoms with van der Waals surface area (Å²) in [7, 11) is 2.13. The molecule has 2 heterocycles. The Kier molecular flexibility index (Phi) is 6.93. The van der Waals surface area contributed by atoms with Gasteiger partial charge in [0.15, 0.2) is 5.82 Å². The topological polar surface area (TPSA) is 93.4 Å². The molecule has 33 heavy (non-hydrogen) atoms. The van der Waals surface area contributed by atoms with E-state index in [1.54, 1.807) is 18.2 Å². The van der Waals surface area contributed by atoms with Crippen molar-refractivity contribution in [2.45, 2.75) is 20.3 Å². The fraction of sp³-hybridized carbons (Fsp3) is 0.400. The molecule has 0 unspecified atom stereocenters. The van der Waals surface area contributed by atoms with Gasteiger partial charge in [0.1, 0.15) is 0 Å². The lowest BCUT2D eigenvalue weighted by Gasteiger charge is -2.34. The number of aromatic nitrogens is 2. The lowest BCUT2D eigenvalue weighted by atomic mass is 10.1. The van der Waals surface area contributed by atoms with Gasteiger partial charge in [-0.1, -0.05) is 13.8 Å². The number of fused-ring (bicyclic) bond motifs is 1. The van der Waals surface area contributed by atoms with E-state index in [-0.39, 0.29) is 11.8 Å². The molecule has 0 radical (unpaired) electrons. The van der Waals surface area contributed by atoms with Crippen molar-refractivity contribution in [3.05, 3.63) is 53.6 Å². The normalized spacial score (nSPS) is 14.6. The van der Waals surface area contributed by atoms with E-state index in [0.29, 0.717) is 34.8 Å². The van der Waals surface area contributed by atoms with E-state index in [9.17, 15) is 9.59 Å². The van der Waals surface area contributed by atoms with Crippen LogP contribution in [0.2, 0.25) is 0 Å². The van der Waals surface area contributed by atoms with E-state index in [1.165, 1.54) is 0 Å². The fourth-order valence-electron chi connectivity index (χ4n) is 3.89. The molecule has 0 atom stereocenters. The van der Waals surface area contributed by atoms with E-state index in [4.69, 9.17) is 0 Å². The van der Waals surface area contributed by atoms with Crippen molar-refractivity contribution in [2.24, 2.45) is 5.92 Å². The number of anilines is 2. The maximum atomic E-state index is 12.8. The molecule has 2 aromatic carbocycles. The van der Waals surface area contributed by atoms with E-state index in [0.717, 1.165) is 43.8 Å². The highest BCUT2D eigenvalue weighted by Crippen LogP contribution is 2.23. The second-order valence-electron chi connectivity index (χ2n) is 9.06. The molecule has 8 nitrogen and oxygen atoms in total. The minimum atomic E-state index is -0.236. The number of aromatic amines is 1. The summed E-state index contributed by atoms with van der Waals surface area (Å²) in [5.41, 5.74) is 2.98. The smallest absolute Gasteiger partial charge is 0.256 e. The number of nitrogens with one attached hydrogen (secondary N) is 3. The second kappa shape index (κ2) is 10.0. The van der Waals surface area contributed by atoms with Crippen molar-refractivity contribution in [3.8, 4) is 0 Å². The van der Waals surface area contributed by atoms with Gasteiger partial charge in [0.25, 0.3) is 11.8 Å². The fourth-order valence-corrected chi connectivity index (χ4v) is 3.89. The second-order valence-corrected chi connectivity index (χ2v) is 9.06. The van der Waals surface area contributed by atoms with Crippen LogP contribution in [0, 0.1) is 5.92 Å². The van der Waals surface area contributed by atoms with Crippen LogP contribution in [0.4, 0.5) is 11.5 Å². The van der Waals surface area contributed by atoms with Crippen molar-refractivity contribution in [1.29, 1.82) is 0 Å². The van der Waals surface area contributed by atoms with Gasteiger partial charge in [0, 0.05) is 54.9 Å². The standard InChI is InChI=1S/C25H32N6O2/c1-17(2)10-11-26-24(32)19-6-9-22-21(16-19)23(29-28-22)27-25(33)18-4-7-20(8-5-18)31-14-12-30(3)13-15-31/h4-9,16-17H,10-15H2,1-3H3,(H,26,32)(H2,27,28,29,33). The highest BCUT2D eigenvalue weighted by molar-refractivity contribution is 6.09. The van der Waals surface area contributed by atoms with Crippen molar-refractivity contribution in [3.63, 3.8) is 0 Å². The third-order valence-electron chi connectivity index (χ3n) is 6.06. The maximum Gasteiger partial charge on any atom is 0.256 e. The third kappa shape index (κ3) is 5.51. The Balaban J connectivity index is 1.43. The zero-order valence-corrected chi connectivity index (χ0v) is 19.5. The van der Waals surface area contributed by atoms with Gasteiger partial charge >= 0.3 is 0 Å². The molecule has 1 fully saturated rings. The van der Waals surface area contributed by atoms with Crippen LogP contribution in [0.25, 0.3) is 10.9 Å². The number of rotatable bonds is 7. The monoisotopic (exact) mass is 448 g/mol. The predicted octanol–water partition coefficient (Wildman–Crippen LogP) is 3.34. The average molecular weight is 449 g/mol. The maximum absolute atomic E-state index is 12.8. The van der Waals surface area contributed by atoms with Gasteiger partial charge in [-0.2, -0.15) is 5.10 Å². The Morgan fingerprint density at radius 3 is 2.39 bits per heavy atom. The summed E-state index contributed by atoms with van der Waals surface area (Å²) in [5.74, 6) is 0.574. The number of benzene rings is 2. The number of carbonyl (C=O) groups is 2. The van der Waals surface area contributed by atoms with E-state index >= 15 is 0 Å². The van der Waals surface area contributed by atoms with Crippen LogP contribution in [0.3, 0.4) is 0 Å². The Labute approximate surface area is 194 Å². The largest absolute Gasteiger partial charge is 0.369 e. The first-order chi connectivity index (χ1) is 15.9. The summed E-state index contributed by atoms with van der Waals surface area (Å²) >= 11 is 0. The average Bonchev–Trinajstić information content (AvgIpc) is 3.21. The van der Waals surface area contributed by atoms with Crippen molar-refractivity contribution < 1.29 is 9.59 Å². The zero-order chi connectivity index (χ0) is 23.4. The van der Waals surface area contributed by atoms with Gasteiger partial charge in [-0.25, -0.2) is 0 Å². The SMILES string of the molecule is CC(C)CCNC(=O)c1ccc2[nH]nc(NC(=O)c3ccc(N4CCN(C)CC4)cc3)c2c1. The molecule has 3 aromatic rings. The van der Waals surface area contributed by atoms with Crippen LogP contribution >= 0.6 is 0 Å². The number of H-pyrrole nitrogens is 1. The van der Waals surface area contributed by atoms with Gasteiger partial charge in [0.2, 0.25) is 0 Å². The molecule has 0 bridgehead atoms. The van der Waals surface area contributed by atoms with Crippen LogP contribution < -0.4 is 15.5 Å². The molecule has 2 amide bonds. The van der Waals surface area contributed by atoms with Gasteiger partial charge in [-0.3, -0.25) is 14.7 Å². The number of hydrogen-bond acceptors (Lipinski definition) is 5. The van der Waals surface area contributed by atoms with Gasteiger partial charge in [-0.05, 0) is 61.9 Å². The summed E-state index contributed by atoms with van der Waals surface area (Å²) in [5, 5.41) is 13.7. The van der Waals surface area contributed by atoms with Gasteiger partial charge in [-0.15, -0.1) is 0 Å². The molecule has 1 aliphatic rings. The first-order valence-corrected chi connectivity index (χ1v) is 11.5. The number of piperazine rings is 1. The van der Waals surface area contributed by atoms with Crippen LogP contribution in [-0.4, -0.2) is 66.7 Å². The minimum absolute atomic E-state index is 0.129. The van der Waals surface area contributed by atoms with Gasteiger partial charge < -0.3 is 20.4 Å². The third-order valence-corrected chi connectivity index (χ3v) is 6.06. The molecular weight excluding hydrogens is 416 g/mol. The molecule has 1 aliphatic heterocycles. The van der Waals surface area contributed by atoms with Crippen LogP contribution in [0.5, 0.6) is 0 Å². The number of hydrogen-bond donors (Lipinski definition) is 3. The Morgan fingerprint density at radius 2 is 1.70 bits per heavy atom. The Hall–Kier alpha value is -3.39. The summed E-state index contributed by atoms with van der Waals surface area (Å²) in [6.07, 6.45) is 0.925. The van der Waals surface area contributed by atoms with Gasteiger partial charge in [0.05, 0.1) is 5.52 Å². The number of likely N-dealkylation sites (N-methyl/N-ethyl adjacent to an activating group) is 1. The molecule has 1 aromatic heterocycles. The first-order valence-electron chi connectivity index (χ1n) is 11.5. The van der Waals surface area contributed by atoms with Crippen molar-refractivity contribution in [1.82, 2.24) is 20.4 Å². The lowest BCUT2D eigenvalue weighted by molar-refractivity contribution is 0.0951. The molecule has 3 N–H and O–H groups in total. The predicted molar refractivity (Wildman–Crippen MR) is 132 cm³/mol. The molecule has 8 heteroatoms. The minimum Gasteiger partial charge on any atom is -0.369 e. The van der Waals surface area contributed by atoms with Crippen molar-refractivity contribution in [2.75, 3.05) is 50.0 Å². The molecule has 0 aliphatic carbocycles. The Morgan fingerprint density at radius 1 is 1.00 bits per heavy atom. The van der Waals surface area contributed by atoms with E-state index in [1.807, 2.05) is 24.3 Å². The van der Waals surface area contributed by atoms with Crippen LogP contribution in [-0.2, 0) is 0 Å².